The summed E-state index contributed by atoms with van der Waals surface area (Å²) in [4.78, 5) is 27.5. The van der Waals surface area contributed by atoms with Crippen molar-refractivity contribution in [2.45, 2.75) is 18.9 Å². The molecule has 1 amide bonds. The molecule has 3 aromatic rings. The Morgan fingerprint density at radius 2 is 2.04 bits per heavy atom. The maximum atomic E-state index is 12.7. The monoisotopic (exact) mass is 382 g/mol. The fraction of sp³-hybridized carbons (Fsp3) is 0.263. The fourth-order valence-electron chi connectivity index (χ4n) is 3.12. The standard InChI is InChI=1S/C19H18N4O3S/c1-25-13-4-6-14(7-5-13)26-18-10-20-9-15(22-18)17-3-2-8-23(17)19(24)16-11-27-12-21-16/h4-7,9-12,17H,2-3,8H2,1H3. The Balaban J connectivity index is 1.53. The zero-order chi connectivity index (χ0) is 18.6. The minimum atomic E-state index is -0.119. The number of ether oxygens (including phenoxy) is 2. The van der Waals surface area contributed by atoms with Crippen molar-refractivity contribution in [2.75, 3.05) is 13.7 Å². The summed E-state index contributed by atoms with van der Waals surface area (Å²) in [5.41, 5.74) is 2.87. The van der Waals surface area contributed by atoms with Gasteiger partial charge in [-0.1, -0.05) is 0 Å². The summed E-state index contributed by atoms with van der Waals surface area (Å²) in [5.74, 6) is 1.72. The lowest BCUT2D eigenvalue weighted by Gasteiger charge is -2.23. The number of methoxy groups -OCH3 is 1. The number of nitrogens with zero attached hydrogens (tertiary/aromatic N) is 4. The Bertz CT molecular complexity index is 915. The Morgan fingerprint density at radius 1 is 1.22 bits per heavy atom. The molecular formula is C19H18N4O3S. The van der Waals surface area contributed by atoms with Gasteiger partial charge in [-0.25, -0.2) is 9.97 Å². The van der Waals surface area contributed by atoms with E-state index in [0.717, 1.165) is 24.3 Å². The first kappa shape index (κ1) is 17.4. The first-order valence-corrected chi connectivity index (χ1v) is 9.52. The minimum absolute atomic E-state index is 0.0676. The van der Waals surface area contributed by atoms with Gasteiger partial charge in [-0.15, -0.1) is 11.3 Å². The molecule has 0 N–H and O–H groups in total. The van der Waals surface area contributed by atoms with Crippen molar-refractivity contribution in [3.63, 3.8) is 0 Å². The van der Waals surface area contributed by atoms with Crippen LogP contribution in [0.15, 0.2) is 47.5 Å². The summed E-state index contributed by atoms with van der Waals surface area (Å²) in [6, 6.07) is 7.13. The van der Waals surface area contributed by atoms with Crippen LogP contribution in [0.2, 0.25) is 0 Å². The van der Waals surface area contributed by atoms with Gasteiger partial charge < -0.3 is 14.4 Å². The molecule has 1 saturated heterocycles. The van der Waals surface area contributed by atoms with Crippen molar-refractivity contribution in [3.8, 4) is 17.4 Å². The maximum Gasteiger partial charge on any atom is 0.273 e. The summed E-state index contributed by atoms with van der Waals surface area (Å²) in [6.45, 7) is 0.687. The van der Waals surface area contributed by atoms with Gasteiger partial charge in [0.05, 0.1) is 36.7 Å². The van der Waals surface area contributed by atoms with Gasteiger partial charge in [0.1, 0.15) is 17.2 Å². The normalized spacial score (nSPS) is 16.3. The highest BCUT2D eigenvalue weighted by molar-refractivity contribution is 7.07. The van der Waals surface area contributed by atoms with Gasteiger partial charge in [-0.2, -0.15) is 0 Å². The van der Waals surface area contributed by atoms with Gasteiger partial charge in [-0.05, 0) is 37.1 Å². The molecule has 1 aliphatic heterocycles. The van der Waals surface area contributed by atoms with Crippen LogP contribution in [0, 0.1) is 0 Å². The first-order valence-electron chi connectivity index (χ1n) is 8.57. The van der Waals surface area contributed by atoms with Gasteiger partial charge in [0.15, 0.2) is 0 Å². The first-order chi connectivity index (χ1) is 13.2. The lowest BCUT2D eigenvalue weighted by molar-refractivity contribution is 0.0727. The minimum Gasteiger partial charge on any atom is -0.497 e. The lowest BCUT2D eigenvalue weighted by Crippen LogP contribution is -2.31. The average molecular weight is 382 g/mol. The molecule has 1 atom stereocenters. The van der Waals surface area contributed by atoms with Gasteiger partial charge >= 0.3 is 0 Å². The third kappa shape index (κ3) is 3.75. The molecule has 1 unspecified atom stereocenters. The Morgan fingerprint density at radius 3 is 2.78 bits per heavy atom. The fourth-order valence-corrected chi connectivity index (χ4v) is 3.65. The van der Waals surface area contributed by atoms with E-state index in [1.54, 1.807) is 42.5 Å². The third-order valence-electron chi connectivity index (χ3n) is 4.42. The molecule has 7 nitrogen and oxygen atoms in total. The molecule has 1 aliphatic rings. The molecule has 0 spiro atoms. The molecule has 138 valence electrons. The van der Waals surface area contributed by atoms with E-state index in [4.69, 9.17) is 9.47 Å². The summed E-state index contributed by atoms with van der Waals surface area (Å²) in [6.07, 6.45) is 5.02. The van der Waals surface area contributed by atoms with Crippen molar-refractivity contribution >= 4 is 17.2 Å². The van der Waals surface area contributed by atoms with Gasteiger partial charge in [-0.3, -0.25) is 9.78 Å². The molecular weight excluding hydrogens is 364 g/mol. The number of likely N-dealkylation sites (tertiary alicyclic amines) is 1. The molecule has 0 saturated carbocycles. The second kappa shape index (κ2) is 7.71. The van der Waals surface area contributed by atoms with Crippen LogP contribution >= 0.6 is 11.3 Å². The molecule has 0 radical (unpaired) electrons. The number of amides is 1. The van der Waals surface area contributed by atoms with Crippen molar-refractivity contribution in [3.05, 3.63) is 58.9 Å². The van der Waals surface area contributed by atoms with Crippen LogP contribution in [-0.2, 0) is 0 Å². The predicted octanol–water partition coefficient (Wildman–Crippen LogP) is 3.71. The van der Waals surface area contributed by atoms with Crippen LogP contribution in [0.4, 0.5) is 0 Å². The highest BCUT2D eigenvalue weighted by Gasteiger charge is 2.32. The van der Waals surface area contributed by atoms with E-state index in [1.807, 2.05) is 17.0 Å². The largest absolute Gasteiger partial charge is 0.497 e. The van der Waals surface area contributed by atoms with Crippen LogP contribution in [0.5, 0.6) is 17.4 Å². The third-order valence-corrected chi connectivity index (χ3v) is 5.01. The molecule has 1 fully saturated rings. The molecule has 0 aliphatic carbocycles. The SMILES string of the molecule is COc1ccc(Oc2cncc(C3CCCN3C(=O)c3cscn3)n2)cc1. The summed E-state index contributed by atoms with van der Waals surface area (Å²) < 4.78 is 10.9. The molecule has 0 bridgehead atoms. The Kier molecular flexibility index (Phi) is 4.97. The van der Waals surface area contributed by atoms with Crippen LogP contribution < -0.4 is 9.47 Å². The van der Waals surface area contributed by atoms with E-state index < -0.39 is 0 Å². The number of thiazole rings is 1. The summed E-state index contributed by atoms with van der Waals surface area (Å²) >= 11 is 1.41. The smallest absolute Gasteiger partial charge is 0.273 e. The zero-order valence-corrected chi connectivity index (χ0v) is 15.6. The lowest BCUT2D eigenvalue weighted by atomic mass is 10.1. The number of benzene rings is 1. The van der Waals surface area contributed by atoms with Crippen LogP contribution in [0.25, 0.3) is 0 Å². The van der Waals surface area contributed by atoms with E-state index in [1.165, 1.54) is 11.3 Å². The second-order valence-corrected chi connectivity index (χ2v) is 6.81. The Hall–Kier alpha value is -3.00. The van der Waals surface area contributed by atoms with Crippen LogP contribution in [0.3, 0.4) is 0 Å². The number of carbonyl (C=O) groups excluding carboxylic acids is 1. The molecule has 4 rings (SSSR count). The molecule has 3 heterocycles. The van der Waals surface area contributed by atoms with Crippen LogP contribution in [0.1, 0.15) is 35.1 Å². The molecule has 2 aromatic heterocycles. The van der Waals surface area contributed by atoms with E-state index in [9.17, 15) is 4.79 Å². The maximum absolute atomic E-state index is 12.7. The van der Waals surface area contributed by atoms with Crippen molar-refractivity contribution < 1.29 is 14.3 Å². The van der Waals surface area contributed by atoms with Crippen molar-refractivity contribution in [1.82, 2.24) is 19.9 Å². The average Bonchev–Trinajstić information content (AvgIpc) is 3.40. The number of hydrogen-bond acceptors (Lipinski definition) is 7. The zero-order valence-electron chi connectivity index (χ0n) is 14.7. The van der Waals surface area contributed by atoms with Gasteiger partial charge in [0, 0.05) is 11.9 Å². The predicted molar refractivity (Wildman–Crippen MR) is 100 cm³/mol. The topological polar surface area (TPSA) is 77.4 Å². The molecule has 1 aromatic carbocycles. The number of carbonyl (C=O) groups is 1. The van der Waals surface area contributed by atoms with E-state index in [2.05, 4.69) is 15.0 Å². The highest BCUT2D eigenvalue weighted by Crippen LogP contribution is 2.33. The Labute approximate surface area is 160 Å². The molecule has 27 heavy (non-hydrogen) atoms. The van der Waals surface area contributed by atoms with Gasteiger partial charge in [0.25, 0.3) is 5.91 Å². The second-order valence-electron chi connectivity index (χ2n) is 6.09. The summed E-state index contributed by atoms with van der Waals surface area (Å²) in [7, 11) is 1.62. The number of aromatic nitrogens is 3. The van der Waals surface area contributed by atoms with E-state index in [-0.39, 0.29) is 11.9 Å². The van der Waals surface area contributed by atoms with Gasteiger partial charge in [0.2, 0.25) is 5.88 Å². The van der Waals surface area contributed by atoms with Crippen molar-refractivity contribution in [2.24, 2.45) is 0 Å². The van der Waals surface area contributed by atoms with Crippen LogP contribution in [-0.4, -0.2) is 39.4 Å². The number of rotatable bonds is 5. The number of hydrogen-bond donors (Lipinski definition) is 0. The highest BCUT2D eigenvalue weighted by atomic mass is 32.1. The van der Waals surface area contributed by atoms with E-state index >= 15 is 0 Å². The molecule has 8 heteroatoms. The summed E-state index contributed by atoms with van der Waals surface area (Å²) in [5, 5.41) is 1.77. The van der Waals surface area contributed by atoms with Crippen molar-refractivity contribution in [1.29, 1.82) is 0 Å². The quantitative estimate of drug-likeness (QED) is 0.669. The van der Waals surface area contributed by atoms with E-state index in [0.29, 0.717) is 23.9 Å².